The van der Waals surface area contributed by atoms with Gasteiger partial charge >= 0.3 is 0 Å². The Labute approximate surface area is 173 Å². The lowest BCUT2D eigenvalue weighted by Gasteiger charge is -2.25. The summed E-state index contributed by atoms with van der Waals surface area (Å²) in [6.07, 6.45) is 0. The van der Waals surface area contributed by atoms with Crippen molar-refractivity contribution >= 4 is 39.8 Å². The molecule has 0 saturated carbocycles. The molecule has 3 heterocycles. The van der Waals surface area contributed by atoms with Crippen LogP contribution in [0.5, 0.6) is 0 Å². The van der Waals surface area contributed by atoms with E-state index < -0.39 is 0 Å². The van der Waals surface area contributed by atoms with Crippen molar-refractivity contribution in [3.63, 3.8) is 0 Å². The predicted octanol–water partition coefficient (Wildman–Crippen LogP) is 4.12. The van der Waals surface area contributed by atoms with Crippen LogP contribution in [0.15, 0.2) is 35.4 Å². The summed E-state index contributed by atoms with van der Waals surface area (Å²) in [6, 6.07) is 10.0. The van der Waals surface area contributed by atoms with Gasteiger partial charge in [0.25, 0.3) is 0 Å². The average Bonchev–Trinajstić information content (AvgIpc) is 3.05. The number of para-hydroxylation sites is 1. The number of benzene rings is 1. The van der Waals surface area contributed by atoms with E-state index in [1.165, 1.54) is 16.6 Å². The smallest absolute Gasteiger partial charge is 0.174 e. The lowest BCUT2D eigenvalue weighted by atomic mass is 10.2. The molecule has 0 N–H and O–H groups in total. The second-order valence-electron chi connectivity index (χ2n) is 6.89. The van der Waals surface area contributed by atoms with Crippen molar-refractivity contribution in [1.82, 2.24) is 14.9 Å². The summed E-state index contributed by atoms with van der Waals surface area (Å²) in [7, 11) is 0. The van der Waals surface area contributed by atoms with Crippen LogP contribution in [0.25, 0.3) is 10.9 Å². The third kappa shape index (κ3) is 4.43. The van der Waals surface area contributed by atoms with Crippen LogP contribution in [0.3, 0.4) is 0 Å². The van der Waals surface area contributed by atoms with Gasteiger partial charge in [-0.3, -0.25) is 9.69 Å². The maximum Gasteiger partial charge on any atom is 0.174 e. The Balaban J connectivity index is 1.56. The van der Waals surface area contributed by atoms with Crippen molar-refractivity contribution in [1.29, 1.82) is 0 Å². The number of thiophene rings is 1. The van der Waals surface area contributed by atoms with E-state index in [0.717, 1.165) is 58.5 Å². The van der Waals surface area contributed by atoms with Crippen molar-refractivity contribution in [2.24, 2.45) is 0 Å². The predicted molar refractivity (Wildman–Crippen MR) is 114 cm³/mol. The number of rotatable bonds is 6. The monoisotopic (exact) mass is 413 g/mol. The zero-order chi connectivity index (χ0) is 19.5. The van der Waals surface area contributed by atoms with E-state index in [9.17, 15) is 4.79 Å². The Bertz CT molecular complexity index is 996. The normalized spacial score (nSPS) is 15.2. The molecule has 1 aromatic carbocycles. The number of carbonyl (C=O) groups excluding carboxylic acids is 1. The third-order valence-corrected chi connectivity index (χ3v) is 6.72. The van der Waals surface area contributed by atoms with Gasteiger partial charge < -0.3 is 4.74 Å². The molecule has 0 aliphatic carbocycles. The molecule has 5 nitrogen and oxygen atoms in total. The van der Waals surface area contributed by atoms with Crippen LogP contribution in [-0.2, 0) is 11.3 Å². The van der Waals surface area contributed by atoms with Gasteiger partial charge in [0.1, 0.15) is 10.9 Å². The molecule has 1 fully saturated rings. The highest BCUT2D eigenvalue weighted by Gasteiger charge is 2.17. The van der Waals surface area contributed by atoms with Gasteiger partial charge in [0, 0.05) is 33.8 Å². The Morgan fingerprint density at radius 1 is 1.21 bits per heavy atom. The molecule has 0 amide bonds. The Hall–Kier alpha value is -1.80. The van der Waals surface area contributed by atoms with E-state index in [1.54, 1.807) is 11.3 Å². The molecule has 0 unspecified atom stereocenters. The number of ketones is 1. The fourth-order valence-corrected chi connectivity index (χ4v) is 5.22. The van der Waals surface area contributed by atoms with E-state index in [2.05, 4.69) is 4.90 Å². The summed E-state index contributed by atoms with van der Waals surface area (Å²) in [4.78, 5) is 26.8. The first kappa shape index (κ1) is 19.5. The van der Waals surface area contributed by atoms with Crippen molar-refractivity contribution in [2.45, 2.75) is 25.4 Å². The summed E-state index contributed by atoms with van der Waals surface area (Å²) in [6.45, 7) is 8.06. The summed E-state index contributed by atoms with van der Waals surface area (Å²) >= 11 is 3.18. The van der Waals surface area contributed by atoms with E-state index in [0.29, 0.717) is 12.3 Å². The van der Waals surface area contributed by atoms with Crippen LogP contribution in [0.4, 0.5) is 0 Å². The highest BCUT2D eigenvalue weighted by molar-refractivity contribution is 8.00. The van der Waals surface area contributed by atoms with Crippen LogP contribution in [0, 0.1) is 13.8 Å². The number of thioether (sulfide) groups is 1. The first-order valence-corrected chi connectivity index (χ1v) is 11.2. The molecule has 1 aliphatic rings. The molecule has 0 radical (unpaired) electrons. The lowest BCUT2D eigenvalue weighted by molar-refractivity contribution is 0.0330. The minimum absolute atomic E-state index is 0.157. The maximum atomic E-state index is 12.7. The van der Waals surface area contributed by atoms with Gasteiger partial charge in [-0.05, 0) is 26.0 Å². The van der Waals surface area contributed by atoms with Crippen LogP contribution in [0.2, 0.25) is 0 Å². The van der Waals surface area contributed by atoms with Crippen LogP contribution in [0.1, 0.15) is 25.9 Å². The minimum atomic E-state index is 0.157. The number of nitrogens with zero attached hydrogens (tertiary/aromatic N) is 3. The first-order valence-electron chi connectivity index (χ1n) is 9.39. The number of fused-ring (bicyclic) bond motifs is 1. The van der Waals surface area contributed by atoms with Gasteiger partial charge in [0.15, 0.2) is 5.78 Å². The number of aryl methyl sites for hydroxylation is 2. The largest absolute Gasteiger partial charge is 0.379 e. The highest BCUT2D eigenvalue weighted by Crippen LogP contribution is 2.28. The standard InChI is InChI=1S/C21H23N3O2S2/c1-14-11-17(15(2)28-14)19(25)13-27-21-16-5-3-4-6-18(16)22-20(23-21)12-24-7-9-26-10-8-24/h3-6,11H,7-10,12-13H2,1-2H3. The second kappa shape index (κ2) is 8.69. The number of morpholine rings is 1. The summed E-state index contributed by atoms with van der Waals surface area (Å²) in [5.74, 6) is 1.34. The molecule has 28 heavy (non-hydrogen) atoms. The molecule has 0 bridgehead atoms. The minimum Gasteiger partial charge on any atom is -0.379 e. The van der Waals surface area contributed by atoms with Crippen molar-refractivity contribution in [2.75, 3.05) is 32.1 Å². The molecule has 3 aromatic rings. The molecule has 146 valence electrons. The molecule has 7 heteroatoms. The Kier molecular flexibility index (Phi) is 6.06. The SMILES string of the molecule is Cc1cc(C(=O)CSc2nc(CN3CCOCC3)nc3ccccc23)c(C)s1. The topological polar surface area (TPSA) is 55.3 Å². The van der Waals surface area contributed by atoms with Crippen LogP contribution in [-0.4, -0.2) is 52.7 Å². The highest BCUT2D eigenvalue weighted by atomic mass is 32.2. The van der Waals surface area contributed by atoms with Gasteiger partial charge in [0.2, 0.25) is 0 Å². The molecule has 0 atom stereocenters. The Morgan fingerprint density at radius 2 is 2.00 bits per heavy atom. The van der Waals surface area contributed by atoms with E-state index in [-0.39, 0.29) is 5.78 Å². The average molecular weight is 414 g/mol. The summed E-state index contributed by atoms with van der Waals surface area (Å²) in [5.41, 5.74) is 1.76. The van der Waals surface area contributed by atoms with E-state index in [4.69, 9.17) is 14.7 Å². The molecule has 0 spiro atoms. The van der Waals surface area contributed by atoms with Gasteiger partial charge in [-0.25, -0.2) is 9.97 Å². The van der Waals surface area contributed by atoms with Gasteiger partial charge in [-0.15, -0.1) is 11.3 Å². The Morgan fingerprint density at radius 3 is 2.75 bits per heavy atom. The number of ether oxygens (including phenoxy) is 1. The van der Waals surface area contributed by atoms with Crippen molar-refractivity contribution in [3.8, 4) is 0 Å². The fraction of sp³-hybridized carbons (Fsp3) is 0.381. The molecule has 4 rings (SSSR count). The molecular weight excluding hydrogens is 390 g/mol. The van der Waals surface area contributed by atoms with Crippen LogP contribution >= 0.6 is 23.1 Å². The quantitative estimate of drug-likeness (QED) is 0.344. The van der Waals surface area contributed by atoms with Gasteiger partial charge in [-0.2, -0.15) is 0 Å². The lowest BCUT2D eigenvalue weighted by Crippen LogP contribution is -2.36. The summed E-state index contributed by atoms with van der Waals surface area (Å²) in [5, 5.41) is 1.89. The number of aromatic nitrogens is 2. The van der Waals surface area contributed by atoms with Crippen LogP contribution < -0.4 is 0 Å². The van der Waals surface area contributed by atoms with E-state index in [1.807, 2.05) is 44.2 Å². The van der Waals surface area contributed by atoms with E-state index >= 15 is 0 Å². The zero-order valence-corrected chi connectivity index (χ0v) is 17.7. The molecule has 1 saturated heterocycles. The number of hydrogen-bond acceptors (Lipinski definition) is 7. The third-order valence-electron chi connectivity index (χ3n) is 4.76. The number of carbonyl (C=O) groups is 1. The first-order chi connectivity index (χ1) is 13.6. The van der Waals surface area contributed by atoms with Crippen molar-refractivity contribution in [3.05, 3.63) is 51.5 Å². The number of Topliss-reactive ketones (excluding diaryl/α,β-unsaturated/α-hetero) is 1. The second-order valence-corrected chi connectivity index (χ2v) is 9.31. The molecular formula is C21H23N3O2S2. The zero-order valence-electron chi connectivity index (χ0n) is 16.1. The number of hydrogen-bond donors (Lipinski definition) is 0. The van der Waals surface area contributed by atoms with Gasteiger partial charge in [0.05, 0.1) is 31.0 Å². The molecule has 1 aliphatic heterocycles. The summed E-state index contributed by atoms with van der Waals surface area (Å²) < 4.78 is 5.43. The van der Waals surface area contributed by atoms with Gasteiger partial charge in [-0.1, -0.05) is 30.0 Å². The maximum absolute atomic E-state index is 12.7. The fourth-order valence-electron chi connectivity index (χ4n) is 3.35. The molecule has 2 aromatic heterocycles. The van der Waals surface area contributed by atoms with Crippen molar-refractivity contribution < 1.29 is 9.53 Å².